The van der Waals surface area contributed by atoms with Gasteiger partial charge in [-0.1, -0.05) is 59.8 Å². The van der Waals surface area contributed by atoms with Crippen LogP contribution in [-0.4, -0.2) is 60.0 Å². The molecule has 0 aromatic heterocycles. The largest absolute Gasteiger partial charge is 0.444 e. The van der Waals surface area contributed by atoms with Crippen molar-refractivity contribution in [2.45, 2.75) is 57.1 Å². The molecule has 198 valence electrons. The van der Waals surface area contributed by atoms with Gasteiger partial charge >= 0.3 is 6.09 Å². The van der Waals surface area contributed by atoms with E-state index < -0.39 is 33.5 Å². The first-order valence-corrected chi connectivity index (χ1v) is 15.0. The molecule has 2 aromatic carbocycles. The van der Waals surface area contributed by atoms with Crippen LogP contribution in [0.1, 0.15) is 31.9 Å². The fourth-order valence-electron chi connectivity index (χ4n) is 4.36. The lowest BCUT2D eigenvalue weighted by Crippen LogP contribution is -2.45. The van der Waals surface area contributed by atoms with E-state index in [0.29, 0.717) is 15.9 Å². The molecular weight excluding hydrogens is 534 g/mol. The molecule has 11 heteroatoms. The van der Waals surface area contributed by atoms with Gasteiger partial charge in [0.2, 0.25) is 0 Å². The monoisotopic (exact) mass is 563 g/mol. The van der Waals surface area contributed by atoms with E-state index in [4.69, 9.17) is 16.3 Å². The summed E-state index contributed by atoms with van der Waals surface area (Å²) in [6, 6.07) is 13.3. The predicted octanol–water partition coefficient (Wildman–Crippen LogP) is 4.39. The normalized spacial score (nSPS) is 22.5. The number of amides is 2. The Morgan fingerprint density at radius 1 is 1.19 bits per heavy atom. The number of anilines is 1. The van der Waals surface area contributed by atoms with Gasteiger partial charge in [0.25, 0.3) is 5.91 Å². The van der Waals surface area contributed by atoms with Gasteiger partial charge in [-0.3, -0.25) is 4.79 Å². The summed E-state index contributed by atoms with van der Waals surface area (Å²) in [7, 11) is -3.22. The highest BCUT2D eigenvalue weighted by atomic mass is 35.5. The second-order valence-electron chi connectivity index (χ2n) is 10.2. The zero-order valence-electron chi connectivity index (χ0n) is 21.1. The highest BCUT2D eigenvalue weighted by Gasteiger charge is 2.50. The van der Waals surface area contributed by atoms with Crippen molar-refractivity contribution in [3.05, 3.63) is 64.7 Å². The number of halogens is 1. The van der Waals surface area contributed by atoms with Gasteiger partial charge in [-0.15, -0.1) is 0 Å². The van der Waals surface area contributed by atoms with Crippen LogP contribution in [0.3, 0.4) is 0 Å². The summed E-state index contributed by atoms with van der Waals surface area (Å²) in [5.41, 5.74) is 1.70. The Morgan fingerprint density at radius 3 is 2.57 bits per heavy atom. The van der Waals surface area contributed by atoms with Gasteiger partial charge in [-0.25, -0.2) is 13.2 Å². The molecule has 2 amide bonds. The van der Waals surface area contributed by atoms with Gasteiger partial charge in [0, 0.05) is 22.4 Å². The van der Waals surface area contributed by atoms with Gasteiger partial charge in [-0.05, 0) is 51.0 Å². The molecule has 0 aliphatic carbocycles. The number of fused-ring (bicyclic) bond motifs is 1. The first-order valence-electron chi connectivity index (χ1n) is 11.9. The maximum atomic E-state index is 13.5. The molecule has 0 unspecified atom stereocenters. The van der Waals surface area contributed by atoms with E-state index in [1.165, 1.54) is 11.8 Å². The topological polar surface area (TPSA) is 105 Å². The van der Waals surface area contributed by atoms with Crippen LogP contribution in [0.4, 0.5) is 10.5 Å². The second kappa shape index (κ2) is 10.7. The number of alkyl carbamates (subject to hydrolysis) is 1. The van der Waals surface area contributed by atoms with E-state index in [2.05, 4.69) is 10.3 Å². The molecule has 4 rings (SSSR count). The van der Waals surface area contributed by atoms with E-state index in [1.807, 2.05) is 48.2 Å². The van der Waals surface area contributed by atoms with Crippen LogP contribution in [0.5, 0.6) is 0 Å². The molecule has 0 saturated carbocycles. The number of nitrogens with one attached hydrogen (secondary N) is 1. The van der Waals surface area contributed by atoms with Gasteiger partial charge < -0.3 is 15.0 Å². The summed E-state index contributed by atoms with van der Waals surface area (Å²) in [6.45, 7) is 7.13. The Kier molecular flexibility index (Phi) is 7.92. The van der Waals surface area contributed by atoms with Crippen molar-refractivity contribution < 1.29 is 22.7 Å². The Morgan fingerprint density at radius 2 is 1.89 bits per heavy atom. The van der Waals surface area contributed by atoms with Gasteiger partial charge in [-0.2, -0.15) is 4.99 Å². The van der Waals surface area contributed by atoms with E-state index >= 15 is 0 Å². The lowest BCUT2D eigenvalue weighted by molar-refractivity contribution is -0.119. The highest BCUT2D eigenvalue weighted by Crippen LogP contribution is 2.42. The third-order valence-corrected chi connectivity index (χ3v) is 9.42. The average molecular weight is 564 g/mol. The lowest BCUT2D eigenvalue weighted by atomic mass is 10.1. The number of rotatable bonds is 5. The van der Waals surface area contributed by atoms with Crippen molar-refractivity contribution in [1.82, 2.24) is 5.32 Å². The summed E-state index contributed by atoms with van der Waals surface area (Å²) in [6.07, 6.45) is -0.496. The Hall–Kier alpha value is -2.56. The Labute approximate surface area is 226 Å². The van der Waals surface area contributed by atoms with E-state index in [-0.39, 0.29) is 29.2 Å². The molecule has 0 spiro atoms. The minimum atomic E-state index is -3.22. The molecule has 2 fully saturated rings. The fourth-order valence-corrected chi connectivity index (χ4v) is 8.44. The highest BCUT2D eigenvalue weighted by molar-refractivity contribution is 8.16. The first-order chi connectivity index (χ1) is 17.3. The summed E-state index contributed by atoms with van der Waals surface area (Å²) >= 11 is 7.55. The van der Waals surface area contributed by atoms with E-state index in [1.54, 1.807) is 32.9 Å². The zero-order chi connectivity index (χ0) is 27.0. The molecule has 37 heavy (non-hydrogen) atoms. The van der Waals surface area contributed by atoms with Crippen molar-refractivity contribution in [2.75, 3.05) is 16.4 Å². The Bertz CT molecular complexity index is 1330. The van der Waals surface area contributed by atoms with Crippen LogP contribution < -0.4 is 10.2 Å². The quantitative estimate of drug-likeness (QED) is 0.575. The van der Waals surface area contributed by atoms with Crippen LogP contribution in [0.25, 0.3) is 0 Å². The average Bonchev–Trinajstić information content (AvgIpc) is 3.25. The number of hydrogen-bond donors (Lipinski definition) is 1. The molecule has 0 radical (unpaired) electrons. The number of benzene rings is 2. The maximum Gasteiger partial charge on any atom is 0.408 e. The third kappa shape index (κ3) is 6.86. The molecule has 2 heterocycles. The first kappa shape index (κ1) is 27.5. The number of amidine groups is 1. The molecule has 3 atom stereocenters. The number of carbonyl (C=O) groups excluding carboxylic acids is 2. The molecule has 2 saturated heterocycles. The van der Waals surface area contributed by atoms with E-state index in [9.17, 15) is 18.0 Å². The van der Waals surface area contributed by atoms with Crippen LogP contribution in [0.2, 0.25) is 5.02 Å². The predicted molar refractivity (Wildman–Crippen MR) is 148 cm³/mol. The number of sulfone groups is 1. The summed E-state index contributed by atoms with van der Waals surface area (Å²) in [4.78, 5) is 32.4. The fraction of sp³-hybridized carbons (Fsp3) is 0.423. The van der Waals surface area contributed by atoms with Gasteiger partial charge in [0.05, 0.1) is 17.5 Å². The number of aryl methyl sites for hydroxylation is 1. The molecule has 2 aliphatic rings. The number of aliphatic imine (C=N–C) groups is 1. The van der Waals surface area contributed by atoms with Crippen molar-refractivity contribution in [3.8, 4) is 0 Å². The van der Waals surface area contributed by atoms with Gasteiger partial charge in [0.15, 0.2) is 15.0 Å². The molecule has 8 nitrogen and oxygen atoms in total. The van der Waals surface area contributed by atoms with E-state index in [0.717, 1.165) is 11.1 Å². The number of thioether (sulfide) groups is 1. The Balaban J connectivity index is 1.68. The lowest BCUT2D eigenvalue weighted by Gasteiger charge is -2.27. The molecule has 1 N–H and O–H groups in total. The van der Waals surface area contributed by atoms with Crippen LogP contribution in [-0.2, 0) is 25.8 Å². The second-order valence-corrected chi connectivity index (χ2v) is 14.0. The van der Waals surface area contributed by atoms with Crippen LogP contribution in [0, 0.1) is 6.92 Å². The van der Waals surface area contributed by atoms with Crippen molar-refractivity contribution >= 4 is 56.1 Å². The molecular formula is C26H30ClN3O5S2. The summed E-state index contributed by atoms with van der Waals surface area (Å²) in [5.74, 6) is -0.576. The number of nitrogens with zero attached hydrogens (tertiary/aromatic N) is 2. The number of hydrogen-bond acceptors (Lipinski definition) is 6. The number of ether oxygens (including phenoxy) is 1. The molecule has 2 aromatic rings. The molecule has 2 aliphatic heterocycles. The van der Waals surface area contributed by atoms with Crippen molar-refractivity contribution in [1.29, 1.82) is 0 Å². The summed E-state index contributed by atoms with van der Waals surface area (Å²) < 4.78 is 30.2. The molecule has 0 bridgehead atoms. The third-order valence-electron chi connectivity index (χ3n) is 5.97. The minimum Gasteiger partial charge on any atom is -0.444 e. The van der Waals surface area contributed by atoms with Crippen molar-refractivity contribution in [2.24, 2.45) is 4.99 Å². The number of carbonyl (C=O) groups is 2. The SMILES string of the molecule is Cc1ccc(Cl)cc1N1C(=NC(=O)[C@H](Cc2ccccc2)NC(=O)OC(C)(C)C)S[C@H]2CS(=O)(=O)C[C@H]21. The zero-order valence-corrected chi connectivity index (χ0v) is 23.5. The van der Waals surface area contributed by atoms with Crippen molar-refractivity contribution in [3.63, 3.8) is 0 Å². The van der Waals surface area contributed by atoms with Gasteiger partial charge in [0.1, 0.15) is 11.6 Å². The smallest absolute Gasteiger partial charge is 0.408 e. The standard InChI is InChI=1S/C26H30ClN3O5S2/c1-16-10-11-18(27)13-20(16)30-21-14-37(33,34)15-22(21)36-24(30)29-23(31)19(12-17-8-6-5-7-9-17)28-25(32)35-26(2,3)4/h5-11,13,19,21-22H,12,14-15H2,1-4H3,(H,28,32)/t19-,21+,22-/m0/s1. The summed E-state index contributed by atoms with van der Waals surface area (Å²) in [5, 5.41) is 3.30. The maximum absolute atomic E-state index is 13.5. The van der Waals surface area contributed by atoms with Crippen LogP contribution >= 0.6 is 23.4 Å². The van der Waals surface area contributed by atoms with Crippen LogP contribution in [0.15, 0.2) is 53.5 Å². The minimum absolute atomic E-state index is 0.00919.